The van der Waals surface area contributed by atoms with E-state index in [1.54, 1.807) is 0 Å². The second-order valence-electron chi connectivity index (χ2n) is 4.29. The van der Waals surface area contributed by atoms with E-state index in [2.05, 4.69) is 37.4 Å². The number of rotatable bonds is 2. The van der Waals surface area contributed by atoms with Gasteiger partial charge in [-0.3, -0.25) is 20.4 Å². The highest BCUT2D eigenvalue weighted by Crippen LogP contribution is 2.18. The first-order valence-electron chi connectivity index (χ1n) is 5.98. The Morgan fingerprint density at radius 3 is 2.60 bits per heavy atom. The van der Waals surface area contributed by atoms with Gasteiger partial charge in [-0.15, -0.1) is 0 Å². The summed E-state index contributed by atoms with van der Waals surface area (Å²) < 4.78 is 0.901. The SMILES string of the molecule is O=C(NNC(=S)Nc1cccc(Br)c1)C(=O)NC1CC1. The van der Waals surface area contributed by atoms with Gasteiger partial charge in [0.15, 0.2) is 5.11 Å². The number of hydrogen-bond acceptors (Lipinski definition) is 3. The van der Waals surface area contributed by atoms with Gasteiger partial charge in [-0.05, 0) is 43.3 Å². The number of anilines is 1. The van der Waals surface area contributed by atoms with Crippen LogP contribution < -0.4 is 21.5 Å². The van der Waals surface area contributed by atoms with Crippen LogP contribution in [0.2, 0.25) is 0 Å². The molecule has 1 aromatic carbocycles. The second-order valence-corrected chi connectivity index (χ2v) is 5.62. The molecular weight excluding hydrogens is 344 g/mol. The Morgan fingerprint density at radius 1 is 1.20 bits per heavy atom. The van der Waals surface area contributed by atoms with Gasteiger partial charge in [-0.2, -0.15) is 0 Å². The number of thiocarbonyl (C=S) groups is 1. The van der Waals surface area contributed by atoms with E-state index in [4.69, 9.17) is 12.2 Å². The Kier molecular flexibility index (Phi) is 4.91. The van der Waals surface area contributed by atoms with Crippen LogP contribution in [-0.2, 0) is 9.59 Å². The van der Waals surface area contributed by atoms with Crippen molar-refractivity contribution in [2.75, 3.05) is 5.32 Å². The molecule has 1 aliphatic rings. The molecule has 8 heteroatoms. The van der Waals surface area contributed by atoms with Crippen LogP contribution >= 0.6 is 28.1 Å². The molecule has 0 aromatic heterocycles. The molecule has 0 radical (unpaired) electrons. The summed E-state index contributed by atoms with van der Waals surface area (Å²) in [5, 5.41) is 5.64. The first-order valence-corrected chi connectivity index (χ1v) is 7.18. The summed E-state index contributed by atoms with van der Waals surface area (Å²) in [5.74, 6) is -1.43. The normalized spacial score (nSPS) is 13.2. The minimum absolute atomic E-state index is 0.139. The molecule has 0 spiro atoms. The van der Waals surface area contributed by atoms with Gasteiger partial charge < -0.3 is 10.6 Å². The van der Waals surface area contributed by atoms with Crippen molar-refractivity contribution in [3.63, 3.8) is 0 Å². The summed E-state index contributed by atoms with van der Waals surface area (Å²) >= 11 is 8.34. The predicted molar refractivity (Wildman–Crippen MR) is 82.8 cm³/mol. The lowest BCUT2D eigenvalue weighted by Gasteiger charge is -2.11. The van der Waals surface area contributed by atoms with Crippen LogP contribution in [0.15, 0.2) is 28.7 Å². The predicted octanol–water partition coefficient (Wildman–Crippen LogP) is 1.05. The third kappa shape index (κ3) is 4.78. The lowest BCUT2D eigenvalue weighted by molar-refractivity contribution is -0.139. The molecule has 0 saturated heterocycles. The quantitative estimate of drug-likeness (QED) is 0.361. The Balaban J connectivity index is 1.74. The Labute approximate surface area is 129 Å². The van der Waals surface area contributed by atoms with Crippen LogP contribution in [0, 0.1) is 0 Å². The highest BCUT2D eigenvalue weighted by Gasteiger charge is 2.26. The van der Waals surface area contributed by atoms with Gasteiger partial charge in [0.25, 0.3) is 0 Å². The summed E-state index contributed by atoms with van der Waals surface area (Å²) in [6, 6.07) is 7.51. The molecule has 1 aromatic rings. The minimum Gasteiger partial charge on any atom is -0.345 e. The van der Waals surface area contributed by atoms with Crippen molar-refractivity contribution in [3.8, 4) is 0 Å². The monoisotopic (exact) mass is 356 g/mol. The smallest absolute Gasteiger partial charge is 0.327 e. The van der Waals surface area contributed by atoms with Crippen molar-refractivity contribution in [1.82, 2.24) is 16.2 Å². The zero-order chi connectivity index (χ0) is 14.5. The van der Waals surface area contributed by atoms with Crippen molar-refractivity contribution in [2.45, 2.75) is 18.9 Å². The van der Waals surface area contributed by atoms with Gasteiger partial charge in [0, 0.05) is 16.2 Å². The molecule has 2 rings (SSSR count). The second kappa shape index (κ2) is 6.67. The van der Waals surface area contributed by atoms with Crippen molar-refractivity contribution < 1.29 is 9.59 Å². The average Bonchev–Trinajstić information content (AvgIpc) is 3.19. The van der Waals surface area contributed by atoms with E-state index < -0.39 is 11.8 Å². The van der Waals surface area contributed by atoms with Crippen LogP contribution in [0.3, 0.4) is 0 Å². The summed E-state index contributed by atoms with van der Waals surface area (Å²) in [6.07, 6.45) is 1.85. The lowest BCUT2D eigenvalue weighted by atomic mass is 10.3. The molecule has 1 saturated carbocycles. The fourth-order valence-corrected chi connectivity index (χ4v) is 1.95. The van der Waals surface area contributed by atoms with Crippen LogP contribution in [0.5, 0.6) is 0 Å². The fraction of sp³-hybridized carbons (Fsp3) is 0.250. The molecule has 0 aliphatic heterocycles. The lowest BCUT2D eigenvalue weighted by Crippen LogP contribution is -2.50. The van der Waals surface area contributed by atoms with E-state index in [1.165, 1.54) is 0 Å². The largest absolute Gasteiger partial charge is 0.345 e. The van der Waals surface area contributed by atoms with Gasteiger partial charge in [-0.25, -0.2) is 0 Å². The maximum Gasteiger partial charge on any atom is 0.327 e. The van der Waals surface area contributed by atoms with E-state index in [0.717, 1.165) is 23.0 Å². The minimum atomic E-state index is -0.768. The third-order valence-electron chi connectivity index (χ3n) is 2.49. The van der Waals surface area contributed by atoms with Crippen molar-refractivity contribution >= 4 is 50.8 Å². The van der Waals surface area contributed by atoms with E-state index >= 15 is 0 Å². The zero-order valence-electron chi connectivity index (χ0n) is 10.4. The van der Waals surface area contributed by atoms with Crippen molar-refractivity contribution in [2.24, 2.45) is 0 Å². The molecule has 0 heterocycles. The highest BCUT2D eigenvalue weighted by molar-refractivity contribution is 9.10. The standard InChI is InChI=1S/C12H13BrN4O2S/c13-7-2-1-3-9(6-7)15-12(20)17-16-11(19)10(18)14-8-4-5-8/h1-3,6,8H,4-5H2,(H,14,18)(H,16,19)(H2,15,17,20). The van der Waals surface area contributed by atoms with E-state index in [9.17, 15) is 9.59 Å². The number of hydrazine groups is 1. The van der Waals surface area contributed by atoms with E-state index in [-0.39, 0.29) is 11.2 Å². The summed E-state index contributed by atoms with van der Waals surface area (Å²) in [7, 11) is 0. The fourth-order valence-electron chi connectivity index (χ4n) is 1.38. The van der Waals surface area contributed by atoms with Crippen LogP contribution in [0.25, 0.3) is 0 Å². The first-order chi connectivity index (χ1) is 9.54. The van der Waals surface area contributed by atoms with Gasteiger partial charge in [-0.1, -0.05) is 22.0 Å². The van der Waals surface area contributed by atoms with Crippen LogP contribution in [0.1, 0.15) is 12.8 Å². The van der Waals surface area contributed by atoms with E-state index in [0.29, 0.717) is 0 Å². The van der Waals surface area contributed by atoms with Crippen molar-refractivity contribution in [1.29, 1.82) is 0 Å². The summed E-state index contributed by atoms with van der Waals surface area (Å²) in [5.41, 5.74) is 5.46. The van der Waals surface area contributed by atoms with Gasteiger partial charge in [0.2, 0.25) is 0 Å². The number of amides is 2. The van der Waals surface area contributed by atoms with Crippen molar-refractivity contribution in [3.05, 3.63) is 28.7 Å². The summed E-state index contributed by atoms with van der Waals surface area (Å²) in [6.45, 7) is 0. The Hall–Kier alpha value is -1.67. The topological polar surface area (TPSA) is 82.3 Å². The maximum atomic E-state index is 11.4. The maximum absolute atomic E-state index is 11.4. The van der Waals surface area contributed by atoms with E-state index in [1.807, 2.05) is 24.3 Å². The average molecular weight is 357 g/mol. The number of carbonyl (C=O) groups is 2. The number of halogens is 1. The Bertz CT molecular complexity index is 548. The number of nitrogens with one attached hydrogen (secondary N) is 4. The molecule has 4 N–H and O–H groups in total. The molecular formula is C12H13BrN4O2S. The van der Waals surface area contributed by atoms with Gasteiger partial charge in [0.1, 0.15) is 0 Å². The number of carbonyl (C=O) groups excluding carboxylic acids is 2. The molecule has 0 unspecified atom stereocenters. The molecule has 6 nitrogen and oxygen atoms in total. The molecule has 1 aliphatic carbocycles. The Morgan fingerprint density at radius 2 is 1.95 bits per heavy atom. The van der Waals surface area contributed by atoms with Crippen LogP contribution in [0.4, 0.5) is 5.69 Å². The van der Waals surface area contributed by atoms with Gasteiger partial charge in [0.05, 0.1) is 0 Å². The summed E-state index contributed by atoms with van der Waals surface area (Å²) in [4.78, 5) is 22.8. The molecule has 0 atom stereocenters. The number of hydrogen-bond donors (Lipinski definition) is 4. The molecule has 106 valence electrons. The molecule has 1 fully saturated rings. The number of benzene rings is 1. The molecule has 20 heavy (non-hydrogen) atoms. The zero-order valence-corrected chi connectivity index (χ0v) is 12.8. The highest BCUT2D eigenvalue weighted by atomic mass is 79.9. The molecule has 0 bridgehead atoms. The third-order valence-corrected chi connectivity index (χ3v) is 3.19. The first kappa shape index (κ1) is 14.7. The van der Waals surface area contributed by atoms with Gasteiger partial charge >= 0.3 is 11.8 Å². The van der Waals surface area contributed by atoms with Crippen LogP contribution in [-0.4, -0.2) is 23.0 Å². The molecule has 2 amide bonds.